The molecule has 1 aliphatic heterocycles. The Labute approximate surface area is 470 Å². The minimum atomic E-state index is -1.57. The van der Waals surface area contributed by atoms with Crippen molar-refractivity contribution in [1.82, 2.24) is 5.32 Å². The van der Waals surface area contributed by atoms with Crippen molar-refractivity contribution in [3.8, 4) is 0 Å². The molecule has 9 heteroatoms. The number of carbonyl (C=O) groups is 1. The van der Waals surface area contributed by atoms with Crippen molar-refractivity contribution >= 4 is 5.91 Å². The summed E-state index contributed by atoms with van der Waals surface area (Å²) in [7, 11) is 0. The molecule has 0 saturated carbocycles. The van der Waals surface area contributed by atoms with Gasteiger partial charge in [0.2, 0.25) is 5.91 Å². The van der Waals surface area contributed by atoms with Crippen LogP contribution in [0.5, 0.6) is 0 Å². The third-order valence-electron chi connectivity index (χ3n) is 15.9. The number of carbonyl (C=O) groups excluding carboxylic acids is 1. The first-order chi connectivity index (χ1) is 37.3. The Morgan fingerprint density at radius 2 is 0.750 bits per heavy atom. The third kappa shape index (κ3) is 45.2. The van der Waals surface area contributed by atoms with E-state index in [0.717, 1.165) is 44.9 Å². The third-order valence-corrected chi connectivity index (χ3v) is 15.9. The summed E-state index contributed by atoms with van der Waals surface area (Å²) < 4.78 is 11.3. The number of ether oxygens (including phenoxy) is 2. The van der Waals surface area contributed by atoms with Crippen molar-refractivity contribution < 1.29 is 39.8 Å². The summed E-state index contributed by atoms with van der Waals surface area (Å²) in [5.41, 5.74) is 0. The van der Waals surface area contributed by atoms with Crippen LogP contribution >= 0.6 is 0 Å². The average molecular weight is 1070 g/mol. The maximum Gasteiger partial charge on any atom is 0.220 e. The second-order valence-corrected chi connectivity index (χ2v) is 23.3. The van der Waals surface area contributed by atoms with Gasteiger partial charge in [0.1, 0.15) is 24.4 Å². The first-order valence-corrected chi connectivity index (χ1v) is 33.2. The van der Waals surface area contributed by atoms with Crippen LogP contribution in [0.4, 0.5) is 0 Å². The Morgan fingerprint density at radius 1 is 0.434 bits per heavy atom. The molecular formula is C67H127NO8. The van der Waals surface area contributed by atoms with Crippen molar-refractivity contribution in [3.05, 3.63) is 36.5 Å². The highest BCUT2D eigenvalue weighted by molar-refractivity contribution is 5.76. The topological polar surface area (TPSA) is 149 Å². The molecule has 1 heterocycles. The normalized spacial score (nSPS) is 19.0. The second-order valence-electron chi connectivity index (χ2n) is 23.3. The Hall–Kier alpha value is -1.59. The molecular weight excluding hydrogens is 947 g/mol. The standard InChI is InChI=1S/C67H127NO8/c1-3-5-7-9-11-13-15-17-19-21-23-25-27-29-30-31-32-33-34-36-38-40-42-44-46-48-50-52-54-56-61(70)60(59-75-67-66(74)65(73)64(72)62(58-69)76-67)68-63(71)57-55-53-51-49-47-45-43-41-39-37-35-28-26-24-22-20-18-16-14-12-10-8-6-4-2/h38,40,46,48,54,56,60-62,64-67,69-70,72-74H,3-37,39,41-45,47,49-53,55,57-59H2,1-2H3,(H,68,71)/b40-38+,48-46+,56-54+. The van der Waals surface area contributed by atoms with Crippen molar-refractivity contribution in [2.75, 3.05) is 13.2 Å². The summed E-state index contributed by atoms with van der Waals surface area (Å²) in [6, 6.07) is -0.827. The molecule has 7 atom stereocenters. The highest BCUT2D eigenvalue weighted by Gasteiger charge is 2.44. The molecule has 0 spiro atoms. The lowest BCUT2D eigenvalue weighted by Crippen LogP contribution is -2.60. The quantitative estimate of drug-likeness (QED) is 0.0261. The Kier molecular flexibility index (Phi) is 54.0. The monoisotopic (exact) mass is 1070 g/mol. The van der Waals surface area contributed by atoms with E-state index in [-0.39, 0.29) is 12.5 Å². The number of nitrogens with one attached hydrogen (secondary N) is 1. The van der Waals surface area contributed by atoms with Crippen LogP contribution in [0, 0.1) is 0 Å². The number of unbranched alkanes of at least 4 members (excludes halogenated alkanes) is 44. The maximum absolute atomic E-state index is 13.1. The number of aliphatic hydroxyl groups excluding tert-OH is 5. The van der Waals surface area contributed by atoms with Gasteiger partial charge in [0, 0.05) is 6.42 Å². The largest absolute Gasteiger partial charge is 0.394 e. The van der Waals surface area contributed by atoms with Crippen LogP contribution in [0.25, 0.3) is 0 Å². The van der Waals surface area contributed by atoms with Gasteiger partial charge in [-0.1, -0.05) is 314 Å². The Morgan fingerprint density at radius 3 is 1.11 bits per heavy atom. The number of hydrogen-bond acceptors (Lipinski definition) is 8. The molecule has 0 aliphatic carbocycles. The number of allylic oxidation sites excluding steroid dienone is 5. The van der Waals surface area contributed by atoms with Crippen LogP contribution in [0.1, 0.15) is 328 Å². The number of hydrogen-bond donors (Lipinski definition) is 6. The lowest BCUT2D eigenvalue weighted by atomic mass is 9.99. The SMILES string of the molecule is CCCCCCCCCCCCCCCCCCCCC/C=C/CC/C=C/CC/C=C/C(O)C(COC1OC(CO)C(O)C(O)C1O)NC(=O)CCCCCCCCCCCCCCCCCCCCCCCCCC. The second kappa shape index (κ2) is 56.7. The molecule has 1 rings (SSSR count). The molecule has 0 aromatic carbocycles. The van der Waals surface area contributed by atoms with Gasteiger partial charge in [-0.25, -0.2) is 0 Å². The van der Waals surface area contributed by atoms with E-state index in [9.17, 15) is 30.3 Å². The maximum atomic E-state index is 13.1. The zero-order valence-corrected chi connectivity index (χ0v) is 50.0. The van der Waals surface area contributed by atoms with E-state index < -0.39 is 49.5 Å². The molecule has 6 N–H and O–H groups in total. The molecule has 0 aromatic rings. The van der Waals surface area contributed by atoms with E-state index in [2.05, 4.69) is 43.5 Å². The van der Waals surface area contributed by atoms with Gasteiger partial charge in [0.15, 0.2) is 6.29 Å². The number of amides is 1. The summed E-state index contributed by atoms with van der Waals surface area (Å²) in [5, 5.41) is 54.6. The minimum Gasteiger partial charge on any atom is -0.394 e. The van der Waals surface area contributed by atoms with Gasteiger partial charge in [-0.3, -0.25) is 4.79 Å². The Bertz CT molecular complexity index is 1290. The van der Waals surface area contributed by atoms with Crippen LogP contribution in [-0.4, -0.2) is 87.5 Å². The van der Waals surface area contributed by atoms with E-state index in [1.165, 1.54) is 263 Å². The van der Waals surface area contributed by atoms with E-state index in [0.29, 0.717) is 6.42 Å². The van der Waals surface area contributed by atoms with Gasteiger partial charge >= 0.3 is 0 Å². The van der Waals surface area contributed by atoms with Crippen LogP contribution in [-0.2, 0) is 14.3 Å². The zero-order valence-electron chi connectivity index (χ0n) is 50.0. The van der Waals surface area contributed by atoms with Crippen LogP contribution in [0.2, 0.25) is 0 Å². The van der Waals surface area contributed by atoms with Crippen molar-refractivity contribution in [2.24, 2.45) is 0 Å². The predicted molar refractivity (Wildman–Crippen MR) is 323 cm³/mol. The zero-order chi connectivity index (χ0) is 55.0. The summed E-state index contributed by atoms with van der Waals surface area (Å²) in [6.45, 7) is 3.81. The van der Waals surface area contributed by atoms with Gasteiger partial charge in [0.25, 0.3) is 0 Å². The highest BCUT2D eigenvalue weighted by atomic mass is 16.7. The fourth-order valence-electron chi connectivity index (χ4n) is 10.7. The van der Waals surface area contributed by atoms with E-state index in [1.54, 1.807) is 6.08 Å². The molecule has 7 unspecified atom stereocenters. The minimum absolute atomic E-state index is 0.184. The lowest BCUT2D eigenvalue weighted by molar-refractivity contribution is -0.302. The summed E-state index contributed by atoms with van der Waals surface area (Å²) in [5.74, 6) is -0.184. The van der Waals surface area contributed by atoms with E-state index in [4.69, 9.17) is 9.47 Å². The molecule has 1 amide bonds. The first kappa shape index (κ1) is 72.4. The van der Waals surface area contributed by atoms with Crippen LogP contribution in [0.3, 0.4) is 0 Å². The molecule has 0 radical (unpaired) electrons. The van der Waals surface area contributed by atoms with Gasteiger partial charge in [-0.05, 0) is 44.9 Å². The molecule has 76 heavy (non-hydrogen) atoms. The Balaban J connectivity index is 2.19. The van der Waals surface area contributed by atoms with Crippen molar-refractivity contribution in [2.45, 2.75) is 371 Å². The van der Waals surface area contributed by atoms with E-state index >= 15 is 0 Å². The molecule has 448 valence electrons. The molecule has 0 bridgehead atoms. The van der Waals surface area contributed by atoms with E-state index in [1.807, 2.05) is 6.08 Å². The predicted octanol–water partition coefficient (Wildman–Crippen LogP) is 17.5. The molecule has 1 aliphatic rings. The fraction of sp³-hybridized carbons (Fsp3) is 0.896. The number of rotatable bonds is 58. The smallest absolute Gasteiger partial charge is 0.220 e. The van der Waals surface area contributed by atoms with Crippen molar-refractivity contribution in [3.63, 3.8) is 0 Å². The van der Waals surface area contributed by atoms with Gasteiger partial charge in [0.05, 0.1) is 25.4 Å². The summed E-state index contributed by atoms with van der Waals surface area (Å²) >= 11 is 0. The summed E-state index contributed by atoms with van der Waals surface area (Å²) in [6.07, 6.45) is 68.2. The average Bonchev–Trinajstić information content (AvgIpc) is 3.42. The van der Waals surface area contributed by atoms with Crippen LogP contribution < -0.4 is 5.32 Å². The van der Waals surface area contributed by atoms with Gasteiger partial charge < -0.3 is 40.3 Å². The van der Waals surface area contributed by atoms with Crippen LogP contribution in [0.15, 0.2) is 36.5 Å². The van der Waals surface area contributed by atoms with Gasteiger partial charge in [-0.15, -0.1) is 0 Å². The molecule has 1 saturated heterocycles. The highest BCUT2D eigenvalue weighted by Crippen LogP contribution is 2.23. The fourth-order valence-corrected chi connectivity index (χ4v) is 10.7. The first-order valence-electron chi connectivity index (χ1n) is 33.2. The summed E-state index contributed by atoms with van der Waals surface area (Å²) in [4.78, 5) is 13.1. The molecule has 0 aromatic heterocycles. The lowest BCUT2D eigenvalue weighted by Gasteiger charge is -2.40. The van der Waals surface area contributed by atoms with Crippen molar-refractivity contribution in [1.29, 1.82) is 0 Å². The van der Waals surface area contributed by atoms with Gasteiger partial charge in [-0.2, -0.15) is 0 Å². The molecule has 9 nitrogen and oxygen atoms in total. The number of aliphatic hydroxyl groups is 5. The molecule has 1 fully saturated rings.